The van der Waals surface area contributed by atoms with E-state index in [1.165, 1.54) is 5.56 Å². The van der Waals surface area contributed by atoms with E-state index in [9.17, 15) is 0 Å². The molecule has 0 heterocycles. The third-order valence-electron chi connectivity index (χ3n) is 2.31. The Morgan fingerprint density at radius 3 is 2.82 bits per heavy atom. The molecule has 1 N–H and O–H groups in total. The van der Waals surface area contributed by atoms with Crippen molar-refractivity contribution in [3.63, 3.8) is 0 Å². The molecule has 1 aromatic rings. The Bertz CT molecular complexity index is 295. The predicted octanol–water partition coefficient (Wildman–Crippen LogP) is 2.63. The molecule has 0 saturated heterocycles. The van der Waals surface area contributed by atoms with Gasteiger partial charge in [0, 0.05) is 19.8 Å². The van der Waals surface area contributed by atoms with Crippen LogP contribution < -0.4 is 10.1 Å². The monoisotopic (exact) mass is 259 g/mol. The maximum atomic E-state index is 5.26. The summed E-state index contributed by atoms with van der Waals surface area (Å²) in [5.74, 6) is 0.911. The zero-order valence-electron chi connectivity index (χ0n) is 10.6. The minimum atomic E-state index is 0. The third-order valence-corrected chi connectivity index (χ3v) is 2.31. The number of hydrogen-bond acceptors (Lipinski definition) is 3. The second-order valence-corrected chi connectivity index (χ2v) is 3.58. The zero-order chi connectivity index (χ0) is 11.6. The third kappa shape index (κ3) is 7.21. The molecule has 98 valence electrons. The Balaban J connectivity index is 0.00000256. The van der Waals surface area contributed by atoms with Crippen LogP contribution in [0.5, 0.6) is 5.75 Å². The van der Waals surface area contributed by atoms with Gasteiger partial charge in [-0.25, -0.2) is 0 Å². The second-order valence-electron chi connectivity index (χ2n) is 3.58. The largest absolute Gasteiger partial charge is 0.497 e. The maximum Gasteiger partial charge on any atom is 0.119 e. The van der Waals surface area contributed by atoms with E-state index in [-0.39, 0.29) is 12.4 Å². The Labute approximate surface area is 110 Å². The van der Waals surface area contributed by atoms with Crippen LogP contribution in [0.25, 0.3) is 0 Å². The predicted molar refractivity (Wildman–Crippen MR) is 73.1 cm³/mol. The number of ether oxygens (including phenoxy) is 2. The Morgan fingerprint density at radius 2 is 2.12 bits per heavy atom. The molecule has 1 rings (SSSR count). The molecular formula is C13H22ClNO2. The number of methoxy groups -OCH3 is 1. The lowest BCUT2D eigenvalue weighted by Gasteiger charge is -2.06. The van der Waals surface area contributed by atoms with E-state index in [0.29, 0.717) is 0 Å². The van der Waals surface area contributed by atoms with Crippen LogP contribution in [0, 0.1) is 0 Å². The first-order valence-electron chi connectivity index (χ1n) is 5.78. The van der Waals surface area contributed by atoms with Crippen LogP contribution >= 0.6 is 12.4 Å². The van der Waals surface area contributed by atoms with E-state index in [0.717, 1.165) is 38.5 Å². The van der Waals surface area contributed by atoms with E-state index in [1.54, 1.807) is 7.11 Å². The normalized spacial score (nSPS) is 9.76. The van der Waals surface area contributed by atoms with Crippen LogP contribution in [0.4, 0.5) is 0 Å². The standard InChI is InChI=1S/C13H21NO2.ClH/c1-3-16-9-5-8-14-11-12-6-4-7-13(10-12)15-2;/h4,6-7,10,14H,3,5,8-9,11H2,1-2H3;1H. The van der Waals surface area contributed by atoms with Gasteiger partial charge in [-0.1, -0.05) is 12.1 Å². The molecule has 0 bridgehead atoms. The number of nitrogens with one attached hydrogen (secondary N) is 1. The van der Waals surface area contributed by atoms with Crippen LogP contribution in [-0.4, -0.2) is 26.9 Å². The lowest BCUT2D eigenvalue weighted by atomic mass is 10.2. The van der Waals surface area contributed by atoms with Crippen molar-refractivity contribution in [2.45, 2.75) is 19.9 Å². The van der Waals surface area contributed by atoms with Gasteiger partial charge in [-0.2, -0.15) is 0 Å². The van der Waals surface area contributed by atoms with Gasteiger partial charge >= 0.3 is 0 Å². The molecule has 17 heavy (non-hydrogen) atoms. The van der Waals surface area contributed by atoms with Gasteiger partial charge in [0.25, 0.3) is 0 Å². The van der Waals surface area contributed by atoms with Crippen LogP contribution in [0.1, 0.15) is 18.9 Å². The summed E-state index contributed by atoms with van der Waals surface area (Å²) in [7, 11) is 1.69. The van der Waals surface area contributed by atoms with Gasteiger partial charge < -0.3 is 14.8 Å². The highest BCUT2D eigenvalue weighted by atomic mass is 35.5. The zero-order valence-corrected chi connectivity index (χ0v) is 11.4. The van der Waals surface area contributed by atoms with Gasteiger partial charge in [0.2, 0.25) is 0 Å². The molecule has 0 atom stereocenters. The van der Waals surface area contributed by atoms with Crippen molar-refractivity contribution in [2.75, 3.05) is 26.9 Å². The second kappa shape index (κ2) is 10.4. The molecule has 3 nitrogen and oxygen atoms in total. The fourth-order valence-corrected chi connectivity index (χ4v) is 1.46. The minimum absolute atomic E-state index is 0. The van der Waals surface area contributed by atoms with Gasteiger partial charge in [0.1, 0.15) is 5.75 Å². The van der Waals surface area contributed by atoms with Crippen LogP contribution in [-0.2, 0) is 11.3 Å². The quantitative estimate of drug-likeness (QED) is 0.728. The number of rotatable bonds is 8. The molecule has 1 aromatic carbocycles. The fourth-order valence-electron chi connectivity index (χ4n) is 1.46. The molecule has 0 spiro atoms. The highest BCUT2D eigenvalue weighted by Gasteiger charge is 1.95. The summed E-state index contributed by atoms with van der Waals surface area (Å²) in [6.07, 6.45) is 1.05. The summed E-state index contributed by atoms with van der Waals surface area (Å²) in [6.45, 7) is 5.52. The number of benzene rings is 1. The molecule has 0 unspecified atom stereocenters. The van der Waals surface area contributed by atoms with Crippen molar-refractivity contribution in [2.24, 2.45) is 0 Å². The summed E-state index contributed by atoms with van der Waals surface area (Å²) in [4.78, 5) is 0. The molecule has 0 aliphatic rings. The van der Waals surface area contributed by atoms with Crippen molar-refractivity contribution in [1.29, 1.82) is 0 Å². The van der Waals surface area contributed by atoms with Crippen LogP contribution in [0.3, 0.4) is 0 Å². The van der Waals surface area contributed by atoms with E-state index >= 15 is 0 Å². The van der Waals surface area contributed by atoms with Gasteiger partial charge in [-0.3, -0.25) is 0 Å². The molecular weight excluding hydrogens is 238 g/mol. The van der Waals surface area contributed by atoms with Gasteiger partial charge in [0.15, 0.2) is 0 Å². The van der Waals surface area contributed by atoms with Crippen LogP contribution in [0.15, 0.2) is 24.3 Å². The summed E-state index contributed by atoms with van der Waals surface area (Å²) in [6, 6.07) is 8.11. The Hall–Kier alpha value is -0.770. The highest BCUT2D eigenvalue weighted by Crippen LogP contribution is 2.11. The van der Waals surface area contributed by atoms with Crippen molar-refractivity contribution in [3.8, 4) is 5.75 Å². The summed E-state index contributed by atoms with van der Waals surface area (Å²) < 4.78 is 10.4. The summed E-state index contributed by atoms with van der Waals surface area (Å²) >= 11 is 0. The first-order valence-corrected chi connectivity index (χ1v) is 5.78. The first kappa shape index (κ1) is 16.2. The topological polar surface area (TPSA) is 30.5 Å². The Morgan fingerprint density at radius 1 is 1.29 bits per heavy atom. The summed E-state index contributed by atoms with van der Waals surface area (Å²) in [5.41, 5.74) is 1.25. The highest BCUT2D eigenvalue weighted by molar-refractivity contribution is 5.85. The van der Waals surface area contributed by atoms with Crippen molar-refractivity contribution < 1.29 is 9.47 Å². The number of hydrogen-bond donors (Lipinski definition) is 1. The van der Waals surface area contributed by atoms with Gasteiger partial charge in [-0.15, -0.1) is 12.4 Å². The van der Waals surface area contributed by atoms with Crippen molar-refractivity contribution in [3.05, 3.63) is 29.8 Å². The van der Waals surface area contributed by atoms with Gasteiger partial charge in [-0.05, 0) is 37.6 Å². The smallest absolute Gasteiger partial charge is 0.119 e. The van der Waals surface area contributed by atoms with E-state index in [2.05, 4.69) is 17.4 Å². The lowest BCUT2D eigenvalue weighted by molar-refractivity contribution is 0.144. The number of halogens is 1. The SMILES string of the molecule is CCOCCCNCc1cccc(OC)c1.Cl. The molecule has 0 saturated carbocycles. The molecule has 0 radical (unpaired) electrons. The van der Waals surface area contributed by atoms with Gasteiger partial charge in [0.05, 0.1) is 7.11 Å². The maximum absolute atomic E-state index is 5.26. The van der Waals surface area contributed by atoms with E-state index < -0.39 is 0 Å². The molecule has 0 fully saturated rings. The van der Waals surface area contributed by atoms with Crippen molar-refractivity contribution >= 4 is 12.4 Å². The Kier molecular flexibility index (Phi) is 9.92. The molecule has 0 aromatic heterocycles. The fraction of sp³-hybridized carbons (Fsp3) is 0.538. The van der Waals surface area contributed by atoms with Crippen molar-refractivity contribution in [1.82, 2.24) is 5.32 Å². The lowest BCUT2D eigenvalue weighted by Crippen LogP contribution is -2.16. The average Bonchev–Trinajstić information content (AvgIpc) is 2.34. The molecule has 0 aliphatic heterocycles. The molecule has 0 amide bonds. The van der Waals surface area contributed by atoms with E-state index in [1.807, 2.05) is 19.1 Å². The minimum Gasteiger partial charge on any atom is -0.497 e. The molecule has 4 heteroatoms. The average molecular weight is 260 g/mol. The van der Waals surface area contributed by atoms with Crippen LogP contribution in [0.2, 0.25) is 0 Å². The molecule has 0 aliphatic carbocycles. The van der Waals surface area contributed by atoms with E-state index in [4.69, 9.17) is 9.47 Å². The summed E-state index contributed by atoms with van der Waals surface area (Å²) in [5, 5.41) is 3.38. The first-order chi connectivity index (χ1) is 7.86.